The average molecular weight is 469 g/mol. The van der Waals surface area contributed by atoms with Crippen LogP contribution in [0.15, 0.2) is 47.8 Å². The molecular weight excluding hydrogens is 456 g/mol. The van der Waals surface area contributed by atoms with Crippen molar-refractivity contribution >= 4 is 57.3 Å². The van der Waals surface area contributed by atoms with E-state index in [-0.39, 0.29) is 49.2 Å². The van der Waals surface area contributed by atoms with Crippen molar-refractivity contribution in [1.29, 1.82) is 0 Å². The predicted octanol–water partition coefficient (Wildman–Crippen LogP) is 3.07. The second-order valence-corrected chi connectivity index (χ2v) is 8.00. The molecule has 4 rings (SSSR count). The molecule has 0 aliphatic heterocycles. The summed E-state index contributed by atoms with van der Waals surface area (Å²) in [6.07, 6.45) is 0. The Kier molecular flexibility index (Phi) is 5.60. The second-order valence-electron chi connectivity index (χ2n) is 6.71. The lowest BCUT2D eigenvalue weighted by Crippen LogP contribution is -2.24. The minimum atomic E-state index is -0.951. The SMILES string of the molecule is NC(=O)c1ccsc1NC(=O)COC(=O)c1ccc2c(c1Cl)C(=O)c1ccccc1C2=O. The number of rotatable bonds is 5. The summed E-state index contributed by atoms with van der Waals surface area (Å²) in [6, 6.07) is 10.4. The lowest BCUT2D eigenvalue weighted by Gasteiger charge is -2.19. The highest BCUT2D eigenvalue weighted by Crippen LogP contribution is 2.34. The molecule has 160 valence electrons. The summed E-state index contributed by atoms with van der Waals surface area (Å²) in [6.45, 7) is -0.669. The number of amides is 2. The van der Waals surface area contributed by atoms with Crippen LogP contribution in [0.2, 0.25) is 5.02 Å². The third kappa shape index (κ3) is 3.68. The highest BCUT2D eigenvalue weighted by Gasteiger charge is 2.33. The van der Waals surface area contributed by atoms with Gasteiger partial charge in [-0.15, -0.1) is 11.3 Å². The number of nitrogens with two attached hydrogens (primary N) is 1. The van der Waals surface area contributed by atoms with Gasteiger partial charge in [0.2, 0.25) is 0 Å². The molecule has 0 unspecified atom stereocenters. The number of hydrogen-bond donors (Lipinski definition) is 2. The van der Waals surface area contributed by atoms with Gasteiger partial charge in [-0.25, -0.2) is 4.79 Å². The Morgan fingerprint density at radius 1 is 0.938 bits per heavy atom. The molecule has 1 heterocycles. The molecule has 8 nitrogen and oxygen atoms in total. The van der Waals surface area contributed by atoms with E-state index in [1.54, 1.807) is 23.6 Å². The average Bonchev–Trinajstić information content (AvgIpc) is 3.24. The molecule has 0 bridgehead atoms. The van der Waals surface area contributed by atoms with Crippen molar-refractivity contribution < 1.29 is 28.7 Å². The van der Waals surface area contributed by atoms with Gasteiger partial charge in [-0.1, -0.05) is 35.9 Å². The van der Waals surface area contributed by atoms with Crippen molar-refractivity contribution in [2.75, 3.05) is 11.9 Å². The number of carbonyl (C=O) groups excluding carboxylic acids is 5. The lowest BCUT2D eigenvalue weighted by molar-refractivity contribution is -0.119. The molecule has 0 fully saturated rings. The molecule has 2 amide bonds. The number of primary amides is 1. The van der Waals surface area contributed by atoms with Gasteiger partial charge in [-0.2, -0.15) is 0 Å². The number of benzene rings is 2. The van der Waals surface area contributed by atoms with Crippen molar-refractivity contribution in [2.24, 2.45) is 5.73 Å². The quantitative estimate of drug-likeness (QED) is 0.432. The number of anilines is 1. The van der Waals surface area contributed by atoms with E-state index in [9.17, 15) is 24.0 Å². The smallest absolute Gasteiger partial charge is 0.340 e. The topological polar surface area (TPSA) is 133 Å². The fourth-order valence-electron chi connectivity index (χ4n) is 3.28. The first-order valence-electron chi connectivity index (χ1n) is 9.14. The summed E-state index contributed by atoms with van der Waals surface area (Å²) in [4.78, 5) is 61.5. The number of esters is 1. The zero-order chi connectivity index (χ0) is 23.0. The number of halogens is 1. The van der Waals surface area contributed by atoms with E-state index in [0.29, 0.717) is 0 Å². The van der Waals surface area contributed by atoms with E-state index in [4.69, 9.17) is 22.1 Å². The van der Waals surface area contributed by atoms with Crippen LogP contribution in [0.25, 0.3) is 0 Å². The summed E-state index contributed by atoms with van der Waals surface area (Å²) in [7, 11) is 0. The third-order valence-electron chi connectivity index (χ3n) is 4.77. The van der Waals surface area contributed by atoms with Crippen molar-refractivity contribution in [3.05, 3.63) is 86.2 Å². The fourth-order valence-corrected chi connectivity index (χ4v) is 4.41. The second kappa shape index (κ2) is 8.37. The van der Waals surface area contributed by atoms with Crippen LogP contribution in [0.5, 0.6) is 0 Å². The third-order valence-corrected chi connectivity index (χ3v) is 5.99. The minimum absolute atomic E-state index is 0.0843. The summed E-state index contributed by atoms with van der Waals surface area (Å²) < 4.78 is 5.00. The number of fused-ring (bicyclic) bond motifs is 2. The van der Waals surface area contributed by atoms with E-state index in [0.717, 1.165) is 11.3 Å². The Morgan fingerprint density at radius 2 is 1.62 bits per heavy atom. The molecule has 1 aliphatic carbocycles. The lowest BCUT2D eigenvalue weighted by atomic mass is 9.83. The highest BCUT2D eigenvalue weighted by molar-refractivity contribution is 7.14. The first-order valence-corrected chi connectivity index (χ1v) is 10.4. The predicted molar refractivity (Wildman–Crippen MR) is 117 cm³/mol. The molecule has 0 saturated heterocycles. The first-order chi connectivity index (χ1) is 15.3. The molecule has 0 radical (unpaired) electrons. The summed E-state index contributed by atoms with van der Waals surface area (Å²) in [5.74, 6) is -3.21. The maximum absolute atomic E-state index is 12.9. The number of nitrogens with one attached hydrogen (secondary N) is 1. The number of hydrogen-bond acceptors (Lipinski definition) is 7. The molecule has 0 atom stereocenters. The minimum Gasteiger partial charge on any atom is -0.452 e. The Bertz CT molecular complexity index is 1330. The van der Waals surface area contributed by atoms with Gasteiger partial charge in [0, 0.05) is 16.7 Å². The molecule has 0 saturated carbocycles. The van der Waals surface area contributed by atoms with Crippen LogP contribution in [-0.2, 0) is 9.53 Å². The van der Waals surface area contributed by atoms with Gasteiger partial charge in [0.1, 0.15) is 5.00 Å². The van der Waals surface area contributed by atoms with E-state index in [1.807, 2.05) is 0 Å². The van der Waals surface area contributed by atoms with Crippen molar-refractivity contribution in [2.45, 2.75) is 0 Å². The molecule has 10 heteroatoms. The maximum atomic E-state index is 12.9. The van der Waals surface area contributed by atoms with E-state index in [2.05, 4.69) is 5.32 Å². The molecule has 1 aliphatic rings. The first kappa shape index (κ1) is 21.4. The van der Waals surface area contributed by atoms with E-state index < -0.39 is 30.2 Å². The van der Waals surface area contributed by atoms with Crippen molar-refractivity contribution in [3.8, 4) is 0 Å². The normalized spacial score (nSPS) is 12.0. The zero-order valence-electron chi connectivity index (χ0n) is 16.1. The Hall–Kier alpha value is -3.82. The van der Waals surface area contributed by atoms with Gasteiger partial charge in [0.25, 0.3) is 11.8 Å². The van der Waals surface area contributed by atoms with Gasteiger partial charge in [0.15, 0.2) is 18.2 Å². The van der Waals surface area contributed by atoms with Crippen LogP contribution in [-0.4, -0.2) is 36.0 Å². The Morgan fingerprint density at radius 3 is 2.31 bits per heavy atom. The maximum Gasteiger partial charge on any atom is 0.340 e. The van der Waals surface area contributed by atoms with Crippen molar-refractivity contribution in [3.63, 3.8) is 0 Å². The Labute approximate surface area is 189 Å². The number of ketones is 2. The molecule has 0 spiro atoms. The van der Waals surface area contributed by atoms with Crippen LogP contribution >= 0.6 is 22.9 Å². The van der Waals surface area contributed by atoms with Crippen LogP contribution < -0.4 is 11.1 Å². The van der Waals surface area contributed by atoms with Gasteiger partial charge in [-0.05, 0) is 23.6 Å². The van der Waals surface area contributed by atoms with Gasteiger partial charge in [-0.3, -0.25) is 19.2 Å². The van der Waals surface area contributed by atoms with Crippen LogP contribution in [0.1, 0.15) is 52.6 Å². The van der Waals surface area contributed by atoms with Crippen LogP contribution in [0, 0.1) is 0 Å². The van der Waals surface area contributed by atoms with E-state index >= 15 is 0 Å². The van der Waals surface area contributed by atoms with E-state index in [1.165, 1.54) is 24.3 Å². The van der Waals surface area contributed by atoms with Crippen LogP contribution in [0.3, 0.4) is 0 Å². The van der Waals surface area contributed by atoms with Crippen LogP contribution in [0.4, 0.5) is 5.00 Å². The Balaban J connectivity index is 1.52. The largest absolute Gasteiger partial charge is 0.452 e. The van der Waals surface area contributed by atoms with Crippen molar-refractivity contribution in [1.82, 2.24) is 0 Å². The zero-order valence-corrected chi connectivity index (χ0v) is 17.7. The molecule has 1 aromatic heterocycles. The monoisotopic (exact) mass is 468 g/mol. The highest BCUT2D eigenvalue weighted by atomic mass is 35.5. The molecular formula is C22H13ClN2O6S. The molecule has 32 heavy (non-hydrogen) atoms. The summed E-state index contributed by atoms with van der Waals surface area (Å²) >= 11 is 7.40. The van der Waals surface area contributed by atoms with Gasteiger partial charge >= 0.3 is 5.97 Å². The number of thiophene rings is 1. The number of carbonyl (C=O) groups is 5. The van der Waals surface area contributed by atoms with Gasteiger partial charge < -0.3 is 15.8 Å². The molecule has 3 aromatic rings. The fraction of sp³-hybridized carbons (Fsp3) is 0.0455. The molecule has 2 aromatic carbocycles. The summed E-state index contributed by atoms with van der Waals surface area (Å²) in [5.41, 5.74) is 5.65. The summed E-state index contributed by atoms with van der Waals surface area (Å²) in [5, 5.41) is 4.01. The standard InChI is InChI=1S/C22H13ClN2O6S/c23-17-13(22(30)31-9-15(26)25-21-14(20(24)29)7-8-32-21)6-5-12-16(17)19(28)11-4-2-1-3-10(11)18(12)27/h1-8H,9H2,(H2,24,29)(H,25,26). The number of ether oxygens (including phenoxy) is 1. The van der Waals surface area contributed by atoms with Gasteiger partial charge in [0.05, 0.1) is 21.7 Å². The molecule has 3 N–H and O–H groups in total.